The first kappa shape index (κ1) is 25.5. The lowest BCUT2D eigenvalue weighted by Gasteiger charge is -2.31. The van der Waals surface area contributed by atoms with Crippen molar-refractivity contribution in [3.8, 4) is 11.1 Å². The van der Waals surface area contributed by atoms with Crippen molar-refractivity contribution in [2.45, 2.75) is 23.6 Å². The molecule has 0 saturated heterocycles. The van der Waals surface area contributed by atoms with E-state index in [1.165, 1.54) is 30.3 Å². The Balaban J connectivity index is 1.36. The van der Waals surface area contributed by atoms with Gasteiger partial charge in [0.25, 0.3) is 20.0 Å². The lowest BCUT2D eigenvalue weighted by molar-refractivity contribution is -0.114. The maximum Gasteiger partial charge on any atom is 0.265 e. The molecule has 0 radical (unpaired) electrons. The number of amides is 1. The average Bonchev–Trinajstić information content (AvgIpc) is 2.88. The van der Waals surface area contributed by atoms with Crippen molar-refractivity contribution >= 4 is 43.0 Å². The molecule has 1 heterocycles. The van der Waals surface area contributed by atoms with Gasteiger partial charge in [0.2, 0.25) is 5.91 Å². The summed E-state index contributed by atoms with van der Waals surface area (Å²) in [5.74, 6) is -0.562. The van der Waals surface area contributed by atoms with Gasteiger partial charge in [0.15, 0.2) is 0 Å². The van der Waals surface area contributed by atoms with Crippen LogP contribution in [0, 0.1) is 13.8 Å². The van der Waals surface area contributed by atoms with Crippen LogP contribution >= 0.6 is 0 Å². The van der Waals surface area contributed by atoms with E-state index >= 15 is 0 Å². The van der Waals surface area contributed by atoms with E-state index in [1.807, 2.05) is 19.1 Å². The minimum Gasteiger partial charge on any atom is -0.325 e. The number of nitrogens with one attached hydrogen (secondary N) is 2. The Bertz CT molecular complexity index is 1770. The van der Waals surface area contributed by atoms with E-state index in [1.54, 1.807) is 55.5 Å². The minimum absolute atomic E-state index is 0.0262. The fraction of sp³-hybridized carbons (Fsp3) is 0.107. The van der Waals surface area contributed by atoms with Crippen LogP contribution in [0.1, 0.15) is 11.1 Å². The number of para-hydroxylation sites is 1. The normalized spacial score (nSPS) is 13.8. The molecule has 194 valence electrons. The van der Waals surface area contributed by atoms with Crippen LogP contribution < -0.4 is 14.3 Å². The van der Waals surface area contributed by atoms with Crippen LogP contribution in [0.3, 0.4) is 0 Å². The molecule has 38 heavy (non-hydrogen) atoms. The van der Waals surface area contributed by atoms with Gasteiger partial charge in [0.05, 0.1) is 21.2 Å². The minimum atomic E-state index is -3.97. The van der Waals surface area contributed by atoms with Crippen LogP contribution in [0.2, 0.25) is 0 Å². The number of carbonyl (C=O) groups is 1. The highest BCUT2D eigenvalue weighted by molar-refractivity contribution is 7.93. The number of nitrogens with zero attached hydrogens (tertiary/aromatic N) is 1. The molecule has 1 aliphatic rings. The van der Waals surface area contributed by atoms with Gasteiger partial charge in [-0.3, -0.25) is 13.8 Å². The molecule has 4 aromatic carbocycles. The van der Waals surface area contributed by atoms with E-state index in [-0.39, 0.29) is 9.79 Å². The summed E-state index contributed by atoms with van der Waals surface area (Å²) >= 11 is 0. The standard InChI is InChI=1S/C28H25N3O5S2/c1-19-11-16-26-24(17-19)23-8-4-6-10-27(23)38(35,36)31(26)18-28(32)29-21-12-14-22(15-13-21)37(33,34)30-25-9-5-3-7-20(25)2/h3-17,30H,18H2,1-2H3,(H,29,32). The smallest absolute Gasteiger partial charge is 0.265 e. The summed E-state index contributed by atoms with van der Waals surface area (Å²) in [6.45, 7) is 3.28. The lowest BCUT2D eigenvalue weighted by Crippen LogP contribution is -2.40. The Morgan fingerprint density at radius 3 is 2.26 bits per heavy atom. The SMILES string of the molecule is Cc1ccc2c(c1)-c1ccccc1S(=O)(=O)N2CC(=O)Nc1ccc(S(=O)(=O)Nc2ccccc2C)cc1. The summed E-state index contributed by atoms with van der Waals surface area (Å²) in [6, 6.07) is 24.8. The molecule has 0 saturated carbocycles. The third kappa shape index (κ3) is 4.75. The van der Waals surface area contributed by atoms with Gasteiger partial charge in [0, 0.05) is 16.8 Å². The molecule has 0 atom stereocenters. The second-order valence-corrected chi connectivity index (χ2v) is 12.5. The summed E-state index contributed by atoms with van der Waals surface area (Å²) < 4.78 is 56.1. The van der Waals surface area contributed by atoms with Gasteiger partial charge in [-0.2, -0.15) is 0 Å². The van der Waals surface area contributed by atoms with Crippen LogP contribution in [0.5, 0.6) is 0 Å². The van der Waals surface area contributed by atoms with Gasteiger partial charge in [-0.15, -0.1) is 0 Å². The molecule has 0 spiro atoms. The molecule has 8 nitrogen and oxygen atoms in total. The maximum absolute atomic E-state index is 13.4. The average molecular weight is 548 g/mol. The molecule has 2 N–H and O–H groups in total. The number of fused-ring (bicyclic) bond motifs is 3. The van der Waals surface area contributed by atoms with Gasteiger partial charge < -0.3 is 5.32 Å². The second kappa shape index (κ2) is 9.62. The first-order valence-electron chi connectivity index (χ1n) is 11.8. The topological polar surface area (TPSA) is 113 Å². The molecule has 4 aromatic rings. The zero-order valence-electron chi connectivity index (χ0n) is 20.7. The van der Waals surface area contributed by atoms with E-state index in [2.05, 4.69) is 10.0 Å². The maximum atomic E-state index is 13.4. The van der Waals surface area contributed by atoms with Crippen LogP contribution in [0.4, 0.5) is 17.1 Å². The number of benzene rings is 4. The van der Waals surface area contributed by atoms with Crippen molar-refractivity contribution in [1.82, 2.24) is 0 Å². The van der Waals surface area contributed by atoms with Gasteiger partial charge in [-0.05, 0) is 67.9 Å². The molecule has 1 amide bonds. The van der Waals surface area contributed by atoms with E-state index < -0.39 is 32.5 Å². The molecule has 10 heteroatoms. The van der Waals surface area contributed by atoms with E-state index in [0.29, 0.717) is 22.6 Å². The van der Waals surface area contributed by atoms with Crippen molar-refractivity contribution < 1.29 is 21.6 Å². The number of aryl methyl sites for hydroxylation is 2. The van der Waals surface area contributed by atoms with Crippen molar-refractivity contribution in [2.24, 2.45) is 0 Å². The fourth-order valence-corrected chi connectivity index (χ4v) is 7.14. The van der Waals surface area contributed by atoms with Gasteiger partial charge >= 0.3 is 0 Å². The quantitative estimate of drug-likeness (QED) is 0.356. The Labute approximate surface area is 222 Å². The van der Waals surface area contributed by atoms with Crippen molar-refractivity contribution in [2.75, 3.05) is 20.9 Å². The van der Waals surface area contributed by atoms with E-state index in [9.17, 15) is 21.6 Å². The fourth-order valence-electron chi connectivity index (χ4n) is 4.35. The lowest BCUT2D eigenvalue weighted by atomic mass is 10.0. The number of anilines is 3. The van der Waals surface area contributed by atoms with Crippen LogP contribution in [-0.4, -0.2) is 29.3 Å². The largest absolute Gasteiger partial charge is 0.325 e. The summed E-state index contributed by atoms with van der Waals surface area (Å²) in [7, 11) is -7.81. The number of carbonyl (C=O) groups excluding carboxylic acids is 1. The van der Waals surface area contributed by atoms with Crippen LogP contribution in [-0.2, 0) is 24.8 Å². The molecule has 1 aliphatic heterocycles. The third-order valence-electron chi connectivity index (χ3n) is 6.29. The highest BCUT2D eigenvalue weighted by Gasteiger charge is 2.35. The predicted molar refractivity (Wildman–Crippen MR) is 148 cm³/mol. The van der Waals surface area contributed by atoms with Crippen molar-refractivity contribution in [3.63, 3.8) is 0 Å². The van der Waals surface area contributed by atoms with Gasteiger partial charge in [0.1, 0.15) is 6.54 Å². The molecular formula is C28H25N3O5S2. The second-order valence-electron chi connectivity index (χ2n) is 9.02. The molecule has 5 rings (SSSR count). The molecule has 0 aliphatic carbocycles. The first-order chi connectivity index (χ1) is 18.1. The first-order valence-corrected chi connectivity index (χ1v) is 14.7. The van der Waals surface area contributed by atoms with Gasteiger partial charge in [-0.25, -0.2) is 16.8 Å². The number of sulfonamides is 2. The summed E-state index contributed by atoms with van der Waals surface area (Å²) in [5, 5.41) is 2.67. The van der Waals surface area contributed by atoms with E-state index in [0.717, 1.165) is 21.0 Å². The number of rotatable bonds is 6. The highest BCUT2D eigenvalue weighted by Crippen LogP contribution is 2.43. The summed E-state index contributed by atoms with van der Waals surface area (Å²) in [4.78, 5) is 13.1. The Morgan fingerprint density at radius 2 is 1.53 bits per heavy atom. The third-order valence-corrected chi connectivity index (χ3v) is 9.49. The Morgan fingerprint density at radius 1 is 0.842 bits per heavy atom. The Kier molecular flexibility index (Phi) is 6.46. The zero-order chi connectivity index (χ0) is 27.1. The summed E-state index contributed by atoms with van der Waals surface area (Å²) in [6.07, 6.45) is 0. The molecular weight excluding hydrogens is 522 g/mol. The monoisotopic (exact) mass is 547 g/mol. The number of hydrogen-bond acceptors (Lipinski definition) is 5. The van der Waals surface area contributed by atoms with Crippen LogP contribution in [0.25, 0.3) is 11.1 Å². The van der Waals surface area contributed by atoms with Crippen molar-refractivity contribution in [3.05, 3.63) is 102 Å². The predicted octanol–water partition coefficient (Wildman–Crippen LogP) is 4.92. The molecule has 0 bridgehead atoms. The van der Waals surface area contributed by atoms with Gasteiger partial charge in [-0.1, -0.05) is 48.0 Å². The van der Waals surface area contributed by atoms with E-state index in [4.69, 9.17) is 0 Å². The number of hydrogen-bond donors (Lipinski definition) is 2. The summed E-state index contributed by atoms with van der Waals surface area (Å²) in [5.41, 5.74) is 4.32. The Hall–Kier alpha value is -4.15. The zero-order valence-corrected chi connectivity index (χ0v) is 22.3. The van der Waals surface area contributed by atoms with Crippen molar-refractivity contribution in [1.29, 1.82) is 0 Å². The molecule has 0 unspecified atom stereocenters. The molecule has 0 fully saturated rings. The van der Waals surface area contributed by atoms with Crippen LogP contribution in [0.15, 0.2) is 101 Å². The molecule has 0 aromatic heterocycles. The highest BCUT2D eigenvalue weighted by atomic mass is 32.2.